The van der Waals surface area contributed by atoms with E-state index in [-0.39, 0.29) is 0 Å². The minimum absolute atomic E-state index is 0.766. The Morgan fingerprint density at radius 1 is 1.36 bits per heavy atom. The second kappa shape index (κ2) is 3.09. The highest BCUT2D eigenvalue weighted by Crippen LogP contribution is 2.15. The molecule has 3 nitrogen and oxygen atoms in total. The number of fused-ring (bicyclic) bond motifs is 1. The van der Waals surface area contributed by atoms with E-state index in [0.717, 1.165) is 19.4 Å². The predicted molar refractivity (Wildman–Crippen MR) is 43.4 cm³/mol. The summed E-state index contributed by atoms with van der Waals surface area (Å²) in [5.41, 5.74) is 0. The highest BCUT2D eigenvalue weighted by atomic mass is 16.5. The van der Waals surface area contributed by atoms with Crippen molar-refractivity contribution in [3.8, 4) is 0 Å². The standard InChI is InChI=1S/C8H16N2O/c1-9-3-4-10-7-11-5-2-8(10)6-9/h8H,2-7H2,1H3. The topological polar surface area (TPSA) is 15.7 Å². The Hall–Kier alpha value is -0.120. The molecule has 0 spiro atoms. The molecule has 1 atom stereocenters. The molecule has 0 bridgehead atoms. The van der Waals surface area contributed by atoms with Gasteiger partial charge in [-0.15, -0.1) is 0 Å². The number of hydrogen-bond donors (Lipinski definition) is 0. The van der Waals surface area contributed by atoms with Crippen molar-refractivity contribution in [3.05, 3.63) is 0 Å². The van der Waals surface area contributed by atoms with Gasteiger partial charge < -0.3 is 9.64 Å². The SMILES string of the molecule is CN1CCN2COCCC2C1. The van der Waals surface area contributed by atoms with Crippen molar-refractivity contribution in [1.82, 2.24) is 9.80 Å². The Morgan fingerprint density at radius 3 is 3.18 bits per heavy atom. The number of ether oxygens (including phenoxy) is 1. The van der Waals surface area contributed by atoms with Gasteiger partial charge in [0.2, 0.25) is 0 Å². The molecule has 2 rings (SSSR count). The molecule has 2 aliphatic rings. The smallest absolute Gasteiger partial charge is 0.0993 e. The molecule has 0 aliphatic carbocycles. The van der Waals surface area contributed by atoms with E-state index in [9.17, 15) is 0 Å². The highest BCUT2D eigenvalue weighted by Gasteiger charge is 2.27. The third-order valence-corrected chi connectivity index (χ3v) is 2.66. The van der Waals surface area contributed by atoms with Crippen LogP contribution in [0, 0.1) is 0 Å². The molecular weight excluding hydrogens is 140 g/mol. The van der Waals surface area contributed by atoms with Crippen LogP contribution in [0.4, 0.5) is 0 Å². The molecule has 0 aromatic rings. The summed E-state index contributed by atoms with van der Waals surface area (Å²) in [5.74, 6) is 0. The molecule has 0 saturated carbocycles. The molecule has 3 heteroatoms. The van der Waals surface area contributed by atoms with Crippen LogP contribution in [0.2, 0.25) is 0 Å². The van der Waals surface area contributed by atoms with E-state index in [4.69, 9.17) is 4.74 Å². The van der Waals surface area contributed by atoms with E-state index in [1.54, 1.807) is 0 Å². The maximum Gasteiger partial charge on any atom is 0.0993 e. The number of nitrogens with zero attached hydrogens (tertiary/aromatic N) is 2. The lowest BCUT2D eigenvalue weighted by Crippen LogP contribution is -2.54. The molecular formula is C8H16N2O. The monoisotopic (exact) mass is 156 g/mol. The second-order valence-electron chi connectivity index (χ2n) is 3.55. The number of rotatable bonds is 0. The van der Waals surface area contributed by atoms with Gasteiger partial charge in [0.05, 0.1) is 6.73 Å². The van der Waals surface area contributed by atoms with Gasteiger partial charge in [0.15, 0.2) is 0 Å². The van der Waals surface area contributed by atoms with Gasteiger partial charge in [-0.1, -0.05) is 0 Å². The Kier molecular flexibility index (Phi) is 2.11. The Bertz CT molecular complexity index is 140. The van der Waals surface area contributed by atoms with E-state index in [0.29, 0.717) is 0 Å². The maximum atomic E-state index is 5.38. The molecule has 0 N–H and O–H groups in total. The van der Waals surface area contributed by atoms with Gasteiger partial charge >= 0.3 is 0 Å². The summed E-state index contributed by atoms with van der Waals surface area (Å²) < 4.78 is 5.38. The first-order valence-electron chi connectivity index (χ1n) is 4.36. The summed E-state index contributed by atoms with van der Waals surface area (Å²) in [6, 6.07) is 0.766. The minimum atomic E-state index is 0.766. The summed E-state index contributed by atoms with van der Waals surface area (Å²) >= 11 is 0. The van der Waals surface area contributed by atoms with Crippen LogP contribution < -0.4 is 0 Å². The van der Waals surface area contributed by atoms with E-state index < -0.39 is 0 Å². The van der Waals surface area contributed by atoms with Crippen LogP contribution >= 0.6 is 0 Å². The summed E-state index contributed by atoms with van der Waals surface area (Å²) in [7, 11) is 2.20. The van der Waals surface area contributed by atoms with Crippen LogP contribution in [0.15, 0.2) is 0 Å². The number of hydrogen-bond acceptors (Lipinski definition) is 3. The molecule has 0 aromatic carbocycles. The van der Waals surface area contributed by atoms with Crippen molar-refractivity contribution in [2.75, 3.05) is 40.0 Å². The van der Waals surface area contributed by atoms with Crippen molar-refractivity contribution in [2.45, 2.75) is 12.5 Å². The quantitative estimate of drug-likeness (QED) is 0.490. The lowest BCUT2D eigenvalue weighted by atomic mass is 10.1. The molecule has 2 fully saturated rings. The van der Waals surface area contributed by atoms with Gasteiger partial charge in [0, 0.05) is 32.3 Å². The predicted octanol–water partition coefficient (Wildman–Crippen LogP) is -0.0198. The summed E-state index contributed by atoms with van der Waals surface area (Å²) in [5, 5.41) is 0. The second-order valence-corrected chi connectivity index (χ2v) is 3.55. The van der Waals surface area contributed by atoms with Gasteiger partial charge in [0.25, 0.3) is 0 Å². The fourth-order valence-electron chi connectivity index (χ4n) is 1.89. The van der Waals surface area contributed by atoms with Gasteiger partial charge in [-0.05, 0) is 13.5 Å². The number of piperazine rings is 1. The zero-order valence-electron chi connectivity index (χ0n) is 7.12. The van der Waals surface area contributed by atoms with Gasteiger partial charge in [-0.3, -0.25) is 4.90 Å². The van der Waals surface area contributed by atoms with Gasteiger partial charge in [0.1, 0.15) is 0 Å². The van der Waals surface area contributed by atoms with Gasteiger partial charge in [-0.2, -0.15) is 0 Å². The summed E-state index contributed by atoms with van der Waals surface area (Å²) in [6.07, 6.45) is 1.21. The fourth-order valence-corrected chi connectivity index (χ4v) is 1.89. The molecule has 2 saturated heterocycles. The van der Waals surface area contributed by atoms with Crippen LogP contribution in [-0.4, -0.2) is 55.9 Å². The lowest BCUT2D eigenvalue weighted by Gasteiger charge is -2.42. The first-order chi connectivity index (χ1) is 5.36. The average molecular weight is 156 g/mol. The van der Waals surface area contributed by atoms with E-state index in [1.807, 2.05) is 0 Å². The highest BCUT2D eigenvalue weighted by molar-refractivity contribution is 4.80. The third kappa shape index (κ3) is 1.55. The lowest BCUT2D eigenvalue weighted by molar-refractivity contribution is -0.0735. The van der Waals surface area contributed by atoms with Crippen LogP contribution in [0.25, 0.3) is 0 Å². The van der Waals surface area contributed by atoms with Crippen LogP contribution in [0.3, 0.4) is 0 Å². The summed E-state index contributed by atoms with van der Waals surface area (Å²) in [4.78, 5) is 4.86. The maximum absolute atomic E-state index is 5.38. The zero-order chi connectivity index (χ0) is 7.68. The number of likely N-dealkylation sites (N-methyl/N-ethyl adjacent to an activating group) is 1. The Balaban J connectivity index is 1.93. The minimum Gasteiger partial charge on any atom is -0.366 e. The molecule has 11 heavy (non-hydrogen) atoms. The van der Waals surface area contributed by atoms with E-state index in [1.165, 1.54) is 26.1 Å². The van der Waals surface area contributed by atoms with Crippen molar-refractivity contribution in [3.63, 3.8) is 0 Å². The van der Waals surface area contributed by atoms with Crippen LogP contribution in [-0.2, 0) is 4.74 Å². The third-order valence-electron chi connectivity index (χ3n) is 2.66. The van der Waals surface area contributed by atoms with Crippen molar-refractivity contribution in [1.29, 1.82) is 0 Å². The molecule has 2 aliphatic heterocycles. The molecule has 2 heterocycles. The van der Waals surface area contributed by atoms with Gasteiger partial charge in [-0.25, -0.2) is 0 Å². The molecule has 1 unspecified atom stereocenters. The van der Waals surface area contributed by atoms with Crippen molar-refractivity contribution in [2.24, 2.45) is 0 Å². The van der Waals surface area contributed by atoms with E-state index in [2.05, 4.69) is 16.8 Å². The molecule has 0 aromatic heterocycles. The van der Waals surface area contributed by atoms with Crippen LogP contribution in [0.5, 0.6) is 0 Å². The zero-order valence-corrected chi connectivity index (χ0v) is 7.12. The molecule has 0 amide bonds. The average Bonchev–Trinajstić information content (AvgIpc) is 2.04. The normalized spacial score (nSPS) is 35.2. The first-order valence-corrected chi connectivity index (χ1v) is 4.36. The van der Waals surface area contributed by atoms with Crippen LogP contribution in [0.1, 0.15) is 6.42 Å². The molecule has 64 valence electrons. The Morgan fingerprint density at radius 2 is 2.27 bits per heavy atom. The summed E-state index contributed by atoms with van der Waals surface area (Å²) in [6.45, 7) is 5.41. The van der Waals surface area contributed by atoms with Crippen molar-refractivity contribution >= 4 is 0 Å². The fraction of sp³-hybridized carbons (Fsp3) is 1.00. The first kappa shape index (κ1) is 7.53. The Labute approximate surface area is 67.9 Å². The van der Waals surface area contributed by atoms with E-state index >= 15 is 0 Å². The largest absolute Gasteiger partial charge is 0.366 e. The van der Waals surface area contributed by atoms with Crippen molar-refractivity contribution < 1.29 is 4.74 Å². The molecule has 0 radical (unpaired) electrons.